The van der Waals surface area contributed by atoms with Gasteiger partial charge in [-0.3, -0.25) is 10.1 Å². The Morgan fingerprint density at radius 2 is 1.43 bits per heavy atom. The van der Waals surface area contributed by atoms with E-state index >= 15 is 0 Å². The maximum absolute atomic E-state index is 10.6. The molecule has 0 radical (unpaired) electrons. The largest absolute Gasteiger partial charge is 0.476 e. The minimum absolute atomic E-state index is 0.703. The van der Waals surface area contributed by atoms with Crippen LogP contribution in [0.25, 0.3) is 0 Å². The van der Waals surface area contributed by atoms with Gasteiger partial charge in [-0.15, -0.1) is 0 Å². The Bertz CT molecular complexity index is 363. The minimum atomic E-state index is -1.61. The van der Waals surface area contributed by atoms with Crippen LogP contribution < -0.4 is 0 Å². The van der Waals surface area contributed by atoms with E-state index in [2.05, 4.69) is 19.1 Å². The van der Waals surface area contributed by atoms with E-state index in [1.54, 1.807) is 6.08 Å². The third-order valence-electron chi connectivity index (χ3n) is 3.68. The Kier molecular flexibility index (Phi) is 14.2. The van der Waals surface area contributed by atoms with Gasteiger partial charge in [-0.2, -0.15) is 0 Å². The molecule has 0 aromatic carbocycles. The molecule has 0 aliphatic carbocycles. The smallest absolute Gasteiger partial charge is 0.383 e. The first-order valence-electron chi connectivity index (χ1n) is 8.77. The number of hydrogen-bond acceptors (Lipinski definition) is 3. The first kappa shape index (κ1) is 21.4. The number of nitrogens with zero attached hydrogens (tertiary/aromatic N) is 1. The van der Waals surface area contributed by atoms with Crippen molar-refractivity contribution in [2.24, 2.45) is 0 Å². The molecule has 132 valence electrons. The summed E-state index contributed by atoms with van der Waals surface area (Å²) in [5, 5.41) is 19.1. The second-order valence-corrected chi connectivity index (χ2v) is 5.81. The second kappa shape index (κ2) is 15.3. The van der Waals surface area contributed by atoms with Gasteiger partial charge >= 0.3 is 12.0 Å². The molecule has 0 aromatic rings. The molecule has 1 unspecified atom stereocenters. The summed E-state index contributed by atoms with van der Waals surface area (Å²) in [6, 6.07) is -1.61. The molecule has 1 N–H and O–H groups in total. The maximum atomic E-state index is 10.6. The monoisotopic (exact) mass is 325 g/mol. The third-order valence-corrected chi connectivity index (χ3v) is 3.68. The normalized spacial score (nSPS) is 12.9. The summed E-state index contributed by atoms with van der Waals surface area (Å²) in [4.78, 5) is 20.3. The summed E-state index contributed by atoms with van der Waals surface area (Å²) >= 11 is 0. The highest BCUT2D eigenvalue weighted by atomic mass is 16.6. The molecule has 0 heterocycles. The van der Waals surface area contributed by atoms with Crippen LogP contribution in [-0.4, -0.2) is 22.0 Å². The fraction of sp³-hybridized carbons (Fsp3) is 0.722. The van der Waals surface area contributed by atoms with Gasteiger partial charge in [0.25, 0.3) is 0 Å². The van der Waals surface area contributed by atoms with Crippen molar-refractivity contribution in [3.8, 4) is 0 Å². The molecule has 0 saturated carbocycles. The van der Waals surface area contributed by atoms with E-state index in [1.165, 1.54) is 44.6 Å². The first-order chi connectivity index (χ1) is 11.1. The summed E-state index contributed by atoms with van der Waals surface area (Å²) in [6.07, 6.45) is 19.9. The van der Waals surface area contributed by atoms with Crippen molar-refractivity contribution in [2.45, 2.75) is 83.6 Å². The van der Waals surface area contributed by atoms with E-state index in [9.17, 15) is 14.9 Å². The van der Waals surface area contributed by atoms with Gasteiger partial charge in [0.15, 0.2) is 0 Å². The summed E-state index contributed by atoms with van der Waals surface area (Å²) < 4.78 is 0. The van der Waals surface area contributed by atoms with E-state index in [0.29, 0.717) is 6.42 Å². The van der Waals surface area contributed by atoms with Gasteiger partial charge in [0, 0.05) is 4.92 Å². The zero-order valence-electron chi connectivity index (χ0n) is 14.3. The molecule has 23 heavy (non-hydrogen) atoms. The average molecular weight is 325 g/mol. The van der Waals surface area contributed by atoms with Crippen molar-refractivity contribution in [1.82, 2.24) is 0 Å². The SMILES string of the molecule is CCCCC/C=C/CCCCCCC/C=C/C(C(=O)O)[N+](=O)[O-]. The number of unbranched alkanes of at least 4 members (excludes halogenated alkanes) is 9. The van der Waals surface area contributed by atoms with Crippen LogP contribution in [0.2, 0.25) is 0 Å². The van der Waals surface area contributed by atoms with Gasteiger partial charge in [-0.25, -0.2) is 4.79 Å². The average Bonchev–Trinajstić information content (AvgIpc) is 2.50. The molecule has 0 aliphatic rings. The predicted octanol–water partition coefficient (Wildman–Crippen LogP) is 5.14. The Hall–Kier alpha value is -1.65. The highest BCUT2D eigenvalue weighted by molar-refractivity contribution is 5.74. The lowest BCUT2D eigenvalue weighted by Crippen LogP contribution is -2.26. The van der Waals surface area contributed by atoms with Crippen LogP contribution in [0.4, 0.5) is 0 Å². The van der Waals surface area contributed by atoms with Crippen molar-refractivity contribution in [1.29, 1.82) is 0 Å². The van der Waals surface area contributed by atoms with E-state index in [0.717, 1.165) is 25.7 Å². The first-order valence-corrected chi connectivity index (χ1v) is 8.77. The van der Waals surface area contributed by atoms with Gasteiger partial charge < -0.3 is 5.11 Å². The van der Waals surface area contributed by atoms with E-state index in [4.69, 9.17) is 5.11 Å². The lowest BCUT2D eigenvalue weighted by Gasteiger charge is -1.99. The molecular weight excluding hydrogens is 294 g/mol. The van der Waals surface area contributed by atoms with Crippen molar-refractivity contribution in [3.05, 3.63) is 34.4 Å². The fourth-order valence-electron chi connectivity index (χ4n) is 2.27. The van der Waals surface area contributed by atoms with Crippen LogP contribution in [0.15, 0.2) is 24.3 Å². The molecule has 0 fully saturated rings. The molecule has 0 spiro atoms. The minimum Gasteiger partial charge on any atom is -0.476 e. The van der Waals surface area contributed by atoms with Crippen molar-refractivity contribution in [3.63, 3.8) is 0 Å². The lowest BCUT2D eigenvalue weighted by molar-refractivity contribution is -0.497. The van der Waals surface area contributed by atoms with Crippen molar-refractivity contribution < 1.29 is 14.8 Å². The quantitative estimate of drug-likeness (QED) is 0.196. The van der Waals surface area contributed by atoms with Crippen molar-refractivity contribution in [2.75, 3.05) is 0 Å². The number of rotatable bonds is 15. The highest BCUT2D eigenvalue weighted by Crippen LogP contribution is 2.09. The number of carboxylic acids is 1. The molecule has 0 aromatic heterocycles. The topological polar surface area (TPSA) is 80.4 Å². The van der Waals surface area contributed by atoms with Crippen LogP contribution in [0.5, 0.6) is 0 Å². The van der Waals surface area contributed by atoms with Gasteiger partial charge in [0.2, 0.25) is 0 Å². The molecule has 0 amide bonds. The zero-order chi connectivity index (χ0) is 17.3. The third kappa shape index (κ3) is 13.7. The van der Waals surface area contributed by atoms with Gasteiger partial charge in [0.05, 0.1) is 0 Å². The maximum Gasteiger partial charge on any atom is 0.383 e. The lowest BCUT2D eigenvalue weighted by atomic mass is 10.1. The van der Waals surface area contributed by atoms with Crippen molar-refractivity contribution >= 4 is 5.97 Å². The number of carboxylic acid groups (broad SMARTS) is 1. The highest BCUT2D eigenvalue weighted by Gasteiger charge is 2.24. The van der Waals surface area contributed by atoms with E-state index in [-0.39, 0.29) is 0 Å². The van der Waals surface area contributed by atoms with Crippen LogP contribution in [-0.2, 0) is 4.79 Å². The fourth-order valence-corrected chi connectivity index (χ4v) is 2.27. The number of aliphatic carboxylic acids is 1. The van der Waals surface area contributed by atoms with E-state index in [1.807, 2.05) is 0 Å². The Morgan fingerprint density at radius 1 is 0.957 bits per heavy atom. The molecule has 0 bridgehead atoms. The van der Waals surface area contributed by atoms with Gasteiger partial charge in [-0.1, -0.05) is 57.3 Å². The molecule has 5 heteroatoms. The standard InChI is InChI=1S/C18H31NO4/c1-2-3-4-5-6-7-8-9-10-11-12-13-14-15-16-17(18(20)21)19(22)23/h6-7,15-17H,2-5,8-14H2,1H3,(H,20,21)/b7-6+,16-15+. The van der Waals surface area contributed by atoms with E-state index < -0.39 is 16.9 Å². The second-order valence-electron chi connectivity index (χ2n) is 5.81. The number of carbonyl (C=O) groups is 1. The Morgan fingerprint density at radius 3 is 1.91 bits per heavy atom. The summed E-state index contributed by atoms with van der Waals surface area (Å²) in [5.41, 5.74) is 0. The van der Waals surface area contributed by atoms with Crippen LogP contribution in [0, 0.1) is 10.1 Å². The predicted molar refractivity (Wildman–Crippen MR) is 93.2 cm³/mol. The molecule has 0 rings (SSSR count). The zero-order valence-corrected chi connectivity index (χ0v) is 14.3. The molecule has 5 nitrogen and oxygen atoms in total. The summed E-state index contributed by atoms with van der Waals surface area (Å²) in [5.74, 6) is -1.41. The number of hydrogen-bond donors (Lipinski definition) is 1. The summed E-state index contributed by atoms with van der Waals surface area (Å²) in [7, 11) is 0. The molecule has 1 atom stereocenters. The van der Waals surface area contributed by atoms with Gasteiger partial charge in [-0.05, 0) is 44.6 Å². The molecular formula is C18H31NO4. The molecule has 0 saturated heterocycles. The van der Waals surface area contributed by atoms with Gasteiger partial charge in [0.1, 0.15) is 0 Å². The molecule has 0 aliphatic heterocycles. The Balaban J connectivity index is 3.46. The van der Waals surface area contributed by atoms with Crippen LogP contribution in [0.1, 0.15) is 77.6 Å². The summed E-state index contributed by atoms with van der Waals surface area (Å²) in [6.45, 7) is 2.21. The number of allylic oxidation sites excluding steroid dienone is 3. The number of nitro groups is 1. The van der Waals surface area contributed by atoms with Crippen LogP contribution >= 0.6 is 0 Å². The Labute approximate surface area is 139 Å². The van der Waals surface area contributed by atoms with Crippen LogP contribution in [0.3, 0.4) is 0 Å².